The molecule has 2 heterocycles. The third-order valence-corrected chi connectivity index (χ3v) is 4.08. The van der Waals surface area contributed by atoms with Crippen LogP contribution in [-0.2, 0) is 0 Å². The molecule has 2 aromatic heterocycles. The summed E-state index contributed by atoms with van der Waals surface area (Å²) < 4.78 is 14.9. The number of nitrogens with one attached hydrogen (secondary N) is 1. The fourth-order valence-corrected chi connectivity index (χ4v) is 2.79. The molecule has 0 amide bonds. The average Bonchev–Trinajstić information content (AvgIpc) is 3.01. The van der Waals surface area contributed by atoms with Gasteiger partial charge in [-0.25, -0.2) is 9.37 Å². The molecule has 0 unspecified atom stereocenters. The van der Waals surface area contributed by atoms with Crippen LogP contribution < -0.4 is 5.32 Å². The van der Waals surface area contributed by atoms with Crippen molar-refractivity contribution < 1.29 is 4.39 Å². The molecule has 4 aromatic rings. The summed E-state index contributed by atoms with van der Waals surface area (Å²) in [4.78, 5) is 4.65. The van der Waals surface area contributed by atoms with Crippen LogP contribution in [0.25, 0.3) is 16.8 Å². The SMILES string of the molecule is Cc1ccc(-c2cnn3c(Nc4ccc(F)cc4)cc(C)nc23)cc1. The zero-order valence-corrected chi connectivity index (χ0v) is 14.0. The van der Waals surface area contributed by atoms with Crippen molar-refractivity contribution in [3.63, 3.8) is 0 Å². The van der Waals surface area contributed by atoms with E-state index in [2.05, 4.69) is 46.6 Å². The van der Waals surface area contributed by atoms with Crippen molar-refractivity contribution in [2.45, 2.75) is 13.8 Å². The number of hydrogen-bond donors (Lipinski definition) is 1. The molecule has 0 spiro atoms. The summed E-state index contributed by atoms with van der Waals surface area (Å²) in [6.07, 6.45) is 1.82. The molecule has 0 saturated heterocycles. The van der Waals surface area contributed by atoms with Crippen LogP contribution in [-0.4, -0.2) is 14.6 Å². The highest BCUT2D eigenvalue weighted by molar-refractivity contribution is 5.78. The minimum atomic E-state index is -0.262. The van der Waals surface area contributed by atoms with Gasteiger partial charge in [-0.05, 0) is 43.7 Å². The lowest BCUT2D eigenvalue weighted by atomic mass is 10.1. The van der Waals surface area contributed by atoms with E-state index in [0.29, 0.717) is 0 Å². The van der Waals surface area contributed by atoms with Gasteiger partial charge < -0.3 is 5.32 Å². The molecule has 0 fully saturated rings. The van der Waals surface area contributed by atoms with E-state index in [4.69, 9.17) is 0 Å². The Bertz CT molecular complexity index is 1030. The van der Waals surface area contributed by atoms with Crippen LogP contribution in [0.3, 0.4) is 0 Å². The van der Waals surface area contributed by atoms with Gasteiger partial charge in [0.1, 0.15) is 11.6 Å². The third-order valence-electron chi connectivity index (χ3n) is 4.08. The van der Waals surface area contributed by atoms with Gasteiger partial charge in [-0.3, -0.25) is 0 Å². The molecule has 0 aliphatic heterocycles. The van der Waals surface area contributed by atoms with Crippen LogP contribution in [0.5, 0.6) is 0 Å². The zero-order valence-electron chi connectivity index (χ0n) is 14.0. The van der Waals surface area contributed by atoms with E-state index < -0.39 is 0 Å². The number of aromatic nitrogens is 3. The average molecular weight is 332 g/mol. The van der Waals surface area contributed by atoms with Crippen molar-refractivity contribution >= 4 is 17.2 Å². The summed E-state index contributed by atoms with van der Waals surface area (Å²) >= 11 is 0. The Labute approximate surface area is 145 Å². The summed E-state index contributed by atoms with van der Waals surface area (Å²) in [5.41, 5.74) is 5.72. The summed E-state index contributed by atoms with van der Waals surface area (Å²) in [6.45, 7) is 4.01. The predicted octanol–water partition coefficient (Wildman–Crippen LogP) is 4.90. The molecule has 4 nitrogen and oxygen atoms in total. The van der Waals surface area contributed by atoms with Gasteiger partial charge in [0.15, 0.2) is 5.65 Å². The number of hydrogen-bond acceptors (Lipinski definition) is 3. The predicted molar refractivity (Wildman–Crippen MR) is 97.6 cm³/mol. The van der Waals surface area contributed by atoms with Crippen LogP contribution in [0, 0.1) is 19.7 Å². The Morgan fingerprint density at radius 2 is 1.68 bits per heavy atom. The normalized spacial score (nSPS) is 11.0. The van der Waals surface area contributed by atoms with Gasteiger partial charge in [0.05, 0.1) is 6.20 Å². The standard InChI is InChI=1S/C20H17FN4/c1-13-3-5-15(6-4-13)18-12-22-25-19(11-14(2)23-20(18)25)24-17-9-7-16(21)8-10-17/h3-12,24H,1-2H3. The number of anilines is 2. The number of halogens is 1. The number of rotatable bonds is 3. The highest BCUT2D eigenvalue weighted by atomic mass is 19.1. The fourth-order valence-electron chi connectivity index (χ4n) is 2.79. The van der Waals surface area contributed by atoms with E-state index in [1.54, 1.807) is 16.6 Å². The summed E-state index contributed by atoms with van der Waals surface area (Å²) in [7, 11) is 0. The molecule has 4 rings (SSSR count). The molecule has 0 atom stereocenters. The molecule has 1 N–H and O–H groups in total. The lowest BCUT2D eigenvalue weighted by Crippen LogP contribution is -2.02. The summed E-state index contributed by atoms with van der Waals surface area (Å²) in [5, 5.41) is 7.77. The van der Waals surface area contributed by atoms with E-state index in [-0.39, 0.29) is 5.82 Å². The molecule has 0 saturated carbocycles. The maximum absolute atomic E-state index is 13.1. The highest BCUT2D eigenvalue weighted by Crippen LogP contribution is 2.27. The third kappa shape index (κ3) is 2.96. The Kier molecular flexibility index (Phi) is 3.69. The maximum atomic E-state index is 13.1. The first-order valence-corrected chi connectivity index (χ1v) is 8.05. The van der Waals surface area contributed by atoms with Crippen molar-refractivity contribution in [2.75, 3.05) is 5.32 Å². The minimum Gasteiger partial charge on any atom is -0.340 e. The highest BCUT2D eigenvalue weighted by Gasteiger charge is 2.12. The summed E-state index contributed by atoms with van der Waals surface area (Å²) in [6, 6.07) is 16.5. The van der Waals surface area contributed by atoms with Crippen LogP contribution in [0.2, 0.25) is 0 Å². The van der Waals surface area contributed by atoms with Crippen LogP contribution in [0.4, 0.5) is 15.9 Å². The first-order valence-electron chi connectivity index (χ1n) is 8.05. The Morgan fingerprint density at radius 1 is 0.960 bits per heavy atom. The van der Waals surface area contributed by atoms with Gasteiger partial charge >= 0.3 is 0 Å². The van der Waals surface area contributed by atoms with Crippen LogP contribution >= 0.6 is 0 Å². The molecular weight excluding hydrogens is 315 g/mol. The van der Waals surface area contributed by atoms with Gasteiger partial charge in [0.25, 0.3) is 0 Å². The number of nitrogens with zero attached hydrogens (tertiary/aromatic N) is 3. The van der Waals surface area contributed by atoms with E-state index in [1.807, 2.05) is 19.2 Å². The fraction of sp³-hybridized carbons (Fsp3) is 0.100. The van der Waals surface area contributed by atoms with Gasteiger partial charge in [0.2, 0.25) is 0 Å². The van der Waals surface area contributed by atoms with Crippen LogP contribution in [0.15, 0.2) is 60.8 Å². The van der Waals surface area contributed by atoms with E-state index in [0.717, 1.165) is 34.0 Å². The Balaban J connectivity index is 1.81. The molecule has 124 valence electrons. The van der Waals surface area contributed by atoms with Gasteiger partial charge in [0, 0.05) is 23.0 Å². The molecule has 2 aromatic carbocycles. The topological polar surface area (TPSA) is 42.2 Å². The molecule has 0 aliphatic rings. The van der Waals surface area contributed by atoms with Crippen molar-refractivity contribution in [1.29, 1.82) is 0 Å². The number of aryl methyl sites for hydroxylation is 2. The first kappa shape index (κ1) is 15.3. The molecule has 0 radical (unpaired) electrons. The zero-order chi connectivity index (χ0) is 17.4. The van der Waals surface area contributed by atoms with E-state index in [1.165, 1.54) is 17.7 Å². The lowest BCUT2D eigenvalue weighted by Gasteiger charge is -2.10. The van der Waals surface area contributed by atoms with Crippen molar-refractivity contribution in [1.82, 2.24) is 14.6 Å². The van der Waals surface area contributed by atoms with Crippen molar-refractivity contribution in [3.8, 4) is 11.1 Å². The second-order valence-corrected chi connectivity index (χ2v) is 6.07. The largest absolute Gasteiger partial charge is 0.340 e. The number of fused-ring (bicyclic) bond motifs is 1. The maximum Gasteiger partial charge on any atom is 0.165 e. The molecule has 5 heteroatoms. The van der Waals surface area contributed by atoms with E-state index >= 15 is 0 Å². The minimum absolute atomic E-state index is 0.262. The Hall–Kier alpha value is -3.21. The summed E-state index contributed by atoms with van der Waals surface area (Å²) in [5.74, 6) is 0.523. The lowest BCUT2D eigenvalue weighted by molar-refractivity contribution is 0.628. The van der Waals surface area contributed by atoms with Gasteiger partial charge in [-0.1, -0.05) is 29.8 Å². The quantitative estimate of drug-likeness (QED) is 0.580. The molecule has 0 bridgehead atoms. The van der Waals surface area contributed by atoms with Crippen molar-refractivity contribution in [2.24, 2.45) is 0 Å². The molecule has 25 heavy (non-hydrogen) atoms. The number of benzene rings is 2. The second-order valence-electron chi connectivity index (χ2n) is 6.07. The van der Waals surface area contributed by atoms with Crippen LogP contribution in [0.1, 0.15) is 11.3 Å². The van der Waals surface area contributed by atoms with E-state index in [9.17, 15) is 4.39 Å². The monoisotopic (exact) mass is 332 g/mol. The van der Waals surface area contributed by atoms with Gasteiger partial charge in [-0.2, -0.15) is 9.61 Å². The van der Waals surface area contributed by atoms with Crippen molar-refractivity contribution in [3.05, 3.63) is 77.9 Å². The Morgan fingerprint density at radius 3 is 2.40 bits per heavy atom. The molecule has 0 aliphatic carbocycles. The second kappa shape index (κ2) is 6.02. The smallest absolute Gasteiger partial charge is 0.165 e. The first-order chi connectivity index (χ1) is 12.1. The van der Waals surface area contributed by atoms with Gasteiger partial charge in [-0.15, -0.1) is 0 Å². The molecular formula is C20H17FN4.